The quantitative estimate of drug-likeness (QED) is 0.714. The minimum Gasteiger partial charge on any atom is -0.491 e. The smallest absolute Gasteiger partial charge is 0.139 e. The van der Waals surface area contributed by atoms with Crippen LogP contribution in [0.3, 0.4) is 0 Å². The molecule has 0 unspecified atom stereocenters. The molecule has 0 saturated heterocycles. The first-order valence-electron chi connectivity index (χ1n) is 3.38. The number of hydrogen-bond donors (Lipinski definition) is 0. The van der Waals surface area contributed by atoms with Crippen molar-refractivity contribution in [3.8, 4) is 5.75 Å². The summed E-state index contributed by atoms with van der Waals surface area (Å²) in [4.78, 5) is 0. The molecule has 0 fully saturated rings. The summed E-state index contributed by atoms with van der Waals surface area (Å²) in [5, 5.41) is 0.924. The van der Waals surface area contributed by atoms with Crippen molar-refractivity contribution in [2.45, 2.75) is 0 Å². The van der Waals surface area contributed by atoms with Crippen LogP contribution in [0.4, 0.5) is 0 Å². The van der Waals surface area contributed by atoms with Crippen molar-refractivity contribution in [3.63, 3.8) is 0 Å². The van der Waals surface area contributed by atoms with Gasteiger partial charge < -0.3 is 4.74 Å². The average molecular weight is 226 g/mol. The second kappa shape index (κ2) is 4.80. The van der Waals surface area contributed by atoms with Gasteiger partial charge in [-0.15, -0.1) is 11.6 Å². The van der Waals surface area contributed by atoms with Gasteiger partial charge in [-0.25, -0.2) is 0 Å². The van der Waals surface area contributed by atoms with E-state index < -0.39 is 0 Å². The first kappa shape index (κ1) is 9.97. The summed E-state index contributed by atoms with van der Waals surface area (Å²) < 4.78 is 5.22. The molecule has 0 N–H and O–H groups in total. The summed E-state index contributed by atoms with van der Waals surface area (Å²) in [6, 6.07) is 5.23. The Morgan fingerprint density at radius 2 is 2.00 bits per heavy atom. The normalized spacial score (nSPS) is 9.92. The third kappa shape index (κ3) is 2.44. The third-order valence-corrected chi connectivity index (χ3v) is 2.21. The van der Waals surface area contributed by atoms with Crippen LogP contribution in [0, 0.1) is 0 Å². The Kier molecular flexibility index (Phi) is 3.99. The van der Waals surface area contributed by atoms with E-state index in [0.29, 0.717) is 28.3 Å². The lowest BCUT2D eigenvalue weighted by atomic mass is 10.3. The molecule has 66 valence electrons. The van der Waals surface area contributed by atoms with Gasteiger partial charge in [-0.1, -0.05) is 29.3 Å². The number of alkyl halides is 1. The van der Waals surface area contributed by atoms with E-state index in [1.165, 1.54) is 0 Å². The highest BCUT2D eigenvalue weighted by molar-refractivity contribution is 6.42. The van der Waals surface area contributed by atoms with Gasteiger partial charge in [0.25, 0.3) is 0 Å². The predicted octanol–water partition coefficient (Wildman–Crippen LogP) is 3.61. The number of hydrogen-bond acceptors (Lipinski definition) is 1. The summed E-state index contributed by atoms with van der Waals surface area (Å²) in [7, 11) is 0. The van der Waals surface area contributed by atoms with Crippen LogP contribution in [0.25, 0.3) is 0 Å². The maximum atomic E-state index is 5.83. The molecule has 4 heteroatoms. The Morgan fingerprint density at radius 1 is 1.25 bits per heavy atom. The van der Waals surface area contributed by atoms with Crippen LogP contribution in [-0.4, -0.2) is 12.5 Å². The molecule has 0 spiro atoms. The van der Waals surface area contributed by atoms with E-state index in [-0.39, 0.29) is 0 Å². The van der Waals surface area contributed by atoms with E-state index in [9.17, 15) is 0 Å². The summed E-state index contributed by atoms with van der Waals surface area (Å²) in [5.74, 6) is 1.01. The molecule has 1 aromatic rings. The zero-order valence-corrected chi connectivity index (χ0v) is 8.46. The molecule has 0 saturated carbocycles. The van der Waals surface area contributed by atoms with Gasteiger partial charge >= 0.3 is 0 Å². The average Bonchev–Trinajstić information content (AvgIpc) is 2.08. The van der Waals surface area contributed by atoms with Gasteiger partial charge in [-0.2, -0.15) is 0 Å². The van der Waals surface area contributed by atoms with E-state index in [1.807, 2.05) is 0 Å². The summed E-state index contributed by atoms with van der Waals surface area (Å²) in [6.07, 6.45) is 0. The first-order valence-corrected chi connectivity index (χ1v) is 4.67. The van der Waals surface area contributed by atoms with Crippen LogP contribution in [0.15, 0.2) is 18.2 Å². The Labute approximate surface area is 86.2 Å². The maximum absolute atomic E-state index is 5.83. The number of halogens is 3. The highest BCUT2D eigenvalue weighted by atomic mass is 35.5. The Hall–Kier alpha value is -0.110. The van der Waals surface area contributed by atoms with Crippen LogP contribution < -0.4 is 4.74 Å². The topological polar surface area (TPSA) is 9.23 Å². The molecular weight excluding hydrogens is 218 g/mol. The van der Waals surface area contributed by atoms with Crippen molar-refractivity contribution in [3.05, 3.63) is 28.2 Å². The summed E-state index contributed by atoms with van der Waals surface area (Å²) in [6.45, 7) is 0.432. The van der Waals surface area contributed by atoms with Crippen molar-refractivity contribution in [2.75, 3.05) is 12.5 Å². The molecule has 0 amide bonds. The molecule has 0 heterocycles. The lowest BCUT2D eigenvalue weighted by Gasteiger charge is -2.06. The first-order chi connectivity index (χ1) is 5.75. The van der Waals surface area contributed by atoms with Crippen molar-refractivity contribution in [2.24, 2.45) is 0 Å². The highest BCUT2D eigenvalue weighted by Crippen LogP contribution is 2.31. The van der Waals surface area contributed by atoms with Crippen LogP contribution in [0.1, 0.15) is 0 Å². The van der Waals surface area contributed by atoms with Gasteiger partial charge in [0.15, 0.2) is 0 Å². The minimum atomic E-state index is 0.432. The highest BCUT2D eigenvalue weighted by Gasteiger charge is 2.03. The monoisotopic (exact) mass is 224 g/mol. The van der Waals surface area contributed by atoms with Crippen LogP contribution >= 0.6 is 34.8 Å². The van der Waals surface area contributed by atoms with E-state index >= 15 is 0 Å². The molecule has 0 aromatic heterocycles. The van der Waals surface area contributed by atoms with Crippen molar-refractivity contribution in [1.29, 1.82) is 0 Å². The number of benzene rings is 1. The summed E-state index contributed by atoms with van der Waals surface area (Å²) >= 11 is 17.0. The number of rotatable bonds is 3. The van der Waals surface area contributed by atoms with Gasteiger partial charge in [-0.05, 0) is 12.1 Å². The van der Waals surface area contributed by atoms with Gasteiger partial charge in [0.05, 0.1) is 10.9 Å². The fourth-order valence-electron chi connectivity index (χ4n) is 0.744. The molecule has 1 aromatic carbocycles. The van der Waals surface area contributed by atoms with Gasteiger partial charge in [0, 0.05) is 0 Å². The van der Waals surface area contributed by atoms with E-state index in [2.05, 4.69) is 0 Å². The minimum absolute atomic E-state index is 0.432. The Balaban J connectivity index is 2.78. The SMILES string of the molecule is ClCCOc1cccc(Cl)c1Cl. The maximum Gasteiger partial charge on any atom is 0.139 e. The second-order valence-electron chi connectivity index (χ2n) is 2.09. The molecule has 0 aliphatic carbocycles. The Morgan fingerprint density at radius 3 is 2.67 bits per heavy atom. The van der Waals surface area contributed by atoms with Crippen LogP contribution in [0.5, 0.6) is 5.75 Å². The second-order valence-corrected chi connectivity index (χ2v) is 3.25. The molecule has 0 aliphatic heterocycles. The van der Waals surface area contributed by atoms with Crippen LogP contribution in [0.2, 0.25) is 10.0 Å². The largest absolute Gasteiger partial charge is 0.491 e. The van der Waals surface area contributed by atoms with Crippen molar-refractivity contribution in [1.82, 2.24) is 0 Å². The fourth-order valence-corrected chi connectivity index (χ4v) is 1.17. The zero-order valence-electron chi connectivity index (χ0n) is 6.19. The van der Waals surface area contributed by atoms with Gasteiger partial charge in [-0.3, -0.25) is 0 Å². The molecule has 1 nitrogen and oxygen atoms in total. The summed E-state index contributed by atoms with van der Waals surface area (Å²) in [5.41, 5.74) is 0. The van der Waals surface area contributed by atoms with Gasteiger partial charge in [0.1, 0.15) is 17.4 Å². The van der Waals surface area contributed by atoms with E-state index in [4.69, 9.17) is 39.5 Å². The molecule has 0 atom stereocenters. The molecule has 0 bridgehead atoms. The van der Waals surface area contributed by atoms with Crippen molar-refractivity contribution >= 4 is 34.8 Å². The zero-order chi connectivity index (χ0) is 8.97. The molecule has 0 radical (unpaired) electrons. The van der Waals surface area contributed by atoms with Crippen molar-refractivity contribution < 1.29 is 4.74 Å². The third-order valence-electron chi connectivity index (χ3n) is 1.25. The van der Waals surface area contributed by atoms with E-state index in [1.54, 1.807) is 18.2 Å². The lowest BCUT2D eigenvalue weighted by Crippen LogP contribution is -1.98. The molecule has 12 heavy (non-hydrogen) atoms. The number of ether oxygens (including phenoxy) is 1. The standard InChI is InChI=1S/C8H7Cl3O/c9-4-5-12-7-3-1-2-6(10)8(7)11/h1-3H,4-5H2. The van der Waals surface area contributed by atoms with Gasteiger partial charge in [0.2, 0.25) is 0 Å². The Bertz CT molecular complexity index is 262. The molecule has 0 aliphatic rings. The fraction of sp³-hybridized carbons (Fsp3) is 0.250. The van der Waals surface area contributed by atoms with Crippen LogP contribution in [-0.2, 0) is 0 Å². The van der Waals surface area contributed by atoms with E-state index in [0.717, 1.165) is 0 Å². The lowest BCUT2D eigenvalue weighted by molar-refractivity contribution is 0.343. The molecular formula is C8H7Cl3O. The predicted molar refractivity (Wildman–Crippen MR) is 52.7 cm³/mol. The molecule has 1 rings (SSSR count).